The van der Waals surface area contributed by atoms with E-state index >= 15 is 0 Å². The molecular weight excluding hydrogens is 167 g/mol. The predicted molar refractivity (Wildman–Crippen MR) is 51.8 cm³/mol. The largest absolute Gasteiger partial charge is 0.274 e. The van der Waals surface area contributed by atoms with Crippen molar-refractivity contribution in [2.45, 2.75) is 25.4 Å². The highest BCUT2D eigenvalue weighted by Gasteiger charge is 2.17. The SMILES string of the molecule is CC(C)(Cc1ccccc1)P=O. The van der Waals surface area contributed by atoms with Crippen molar-refractivity contribution in [3.05, 3.63) is 35.9 Å². The van der Waals surface area contributed by atoms with Gasteiger partial charge in [-0.05, 0) is 25.8 Å². The van der Waals surface area contributed by atoms with Crippen LogP contribution >= 0.6 is 8.46 Å². The van der Waals surface area contributed by atoms with Gasteiger partial charge in [-0.3, -0.25) is 4.57 Å². The molecule has 0 aliphatic heterocycles. The molecule has 0 spiro atoms. The number of benzene rings is 1. The summed E-state index contributed by atoms with van der Waals surface area (Å²) < 4.78 is 10.7. The second-order valence-electron chi connectivity index (χ2n) is 3.57. The lowest BCUT2D eigenvalue weighted by Gasteiger charge is -2.14. The van der Waals surface area contributed by atoms with Gasteiger partial charge in [0.15, 0.2) is 8.46 Å². The molecule has 0 unspecified atom stereocenters. The topological polar surface area (TPSA) is 17.1 Å². The highest BCUT2D eigenvalue weighted by molar-refractivity contribution is 7.25. The Kier molecular flexibility index (Phi) is 2.99. The standard InChI is InChI=1S/C10H13OP/c1-10(2,12-11)8-9-6-4-3-5-7-9/h3-7H,8H2,1-2H3. The van der Waals surface area contributed by atoms with Crippen molar-refractivity contribution in [2.75, 3.05) is 0 Å². The molecule has 64 valence electrons. The van der Waals surface area contributed by atoms with Crippen LogP contribution in [0.2, 0.25) is 0 Å². The van der Waals surface area contributed by atoms with E-state index < -0.39 is 0 Å². The number of hydrogen-bond donors (Lipinski definition) is 0. The van der Waals surface area contributed by atoms with E-state index in [1.165, 1.54) is 5.56 Å². The maximum atomic E-state index is 10.7. The molecule has 1 rings (SSSR count). The van der Waals surface area contributed by atoms with Crippen molar-refractivity contribution in [1.29, 1.82) is 0 Å². The molecule has 1 nitrogen and oxygen atoms in total. The van der Waals surface area contributed by atoms with Crippen LogP contribution in [0.4, 0.5) is 0 Å². The molecule has 0 heterocycles. The van der Waals surface area contributed by atoms with Crippen molar-refractivity contribution < 1.29 is 4.57 Å². The van der Waals surface area contributed by atoms with Crippen LogP contribution in [0, 0.1) is 0 Å². The minimum atomic E-state index is -0.138. The lowest BCUT2D eigenvalue weighted by Crippen LogP contribution is -2.13. The van der Waals surface area contributed by atoms with Crippen molar-refractivity contribution in [1.82, 2.24) is 0 Å². The van der Waals surface area contributed by atoms with Gasteiger partial charge in [0.2, 0.25) is 0 Å². The predicted octanol–water partition coefficient (Wildman–Crippen LogP) is 3.30. The molecule has 0 amide bonds. The zero-order valence-corrected chi connectivity index (χ0v) is 8.34. The lowest BCUT2D eigenvalue weighted by atomic mass is 10.0. The van der Waals surface area contributed by atoms with Crippen LogP contribution in [0.3, 0.4) is 0 Å². The highest BCUT2D eigenvalue weighted by atomic mass is 31.1. The smallest absolute Gasteiger partial charge is 0.161 e. The monoisotopic (exact) mass is 180 g/mol. The molecule has 1 aromatic rings. The molecule has 0 saturated carbocycles. The average Bonchev–Trinajstić information content (AvgIpc) is 2.06. The van der Waals surface area contributed by atoms with Gasteiger partial charge in [0.05, 0.1) is 0 Å². The molecule has 0 bridgehead atoms. The van der Waals surface area contributed by atoms with Gasteiger partial charge in [0.1, 0.15) is 0 Å². The second-order valence-corrected chi connectivity index (χ2v) is 4.96. The van der Waals surface area contributed by atoms with Crippen LogP contribution < -0.4 is 0 Å². The molecule has 12 heavy (non-hydrogen) atoms. The van der Waals surface area contributed by atoms with E-state index in [1.54, 1.807) is 0 Å². The first-order valence-electron chi connectivity index (χ1n) is 4.02. The summed E-state index contributed by atoms with van der Waals surface area (Å²) in [6.45, 7) is 3.99. The van der Waals surface area contributed by atoms with Gasteiger partial charge in [0, 0.05) is 5.16 Å². The summed E-state index contributed by atoms with van der Waals surface area (Å²) in [5, 5.41) is -0.138. The Morgan fingerprint density at radius 3 is 2.33 bits per heavy atom. The molecule has 0 radical (unpaired) electrons. The van der Waals surface area contributed by atoms with Gasteiger partial charge in [-0.15, -0.1) is 0 Å². The minimum absolute atomic E-state index is 0.138. The lowest BCUT2D eigenvalue weighted by molar-refractivity contribution is 0.568. The third-order valence-corrected chi connectivity index (χ3v) is 2.38. The van der Waals surface area contributed by atoms with Crippen molar-refractivity contribution in [2.24, 2.45) is 0 Å². The van der Waals surface area contributed by atoms with Crippen LogP contribution in [-0.2, 0) is 11.0 Å². The van der Waals surface area contributed by atoms with Gasteiger partial charge in [-0.2, -0.15) is 0 Å². The maximum Gasteiger partial charge on any atom is 0.161 e. The number of hydrogen-bond acceptors (Lipinski definition) is 1. The van der Waals surface area contributed by atoms with E-state index in [2.05, 4.69) is 12.1 Å². The van der Waals surface area contributed by atoms with Gasteiger partial charge < -0.3 is 0 Å². The summed E-state index contributed by atoms with van der Waals surface area (Å²) in [7, 11) is 0.216. The average molecular weight is 180 g/mol. The summed E-state index contributed by atoms with van der Waals surface area (Å²) in [6, 6.07) is 10.1. The third-order valence-electron chi connectivity index (χ3n) is 1.73. The zero-order valence-electron chi connectivity index (χ0n) is 7.45. The summed E-state index contributed by atoms with van der Waals surface area (Å²) in [5.41, 5.74) is 1.24. The quantitative estimate of drug-likeness (QED) is 0.652. The fourth-order valence-corrected chi connectivity index (χ4v) is 1.37. The minimum Gasteiger partial charge on any atom is -0.274 e. The highest BCUT2D eigenvalue weighted by Crippen LogP contribution is 2.25. The normalized spacial score (nSPS) is 11.8. The first-order valence-corrected chi connectivity index (χ1v) is 4.84. The van der Waals surface area contributed by atoms with E-state index in [-0.39, 0.29) is 13.6 Å². The molecular formula is C10H13OP. The molecule has 0 atom stereocenters. The molecule has 0 fully saturated rings. The summed E-state index contributed by atoms with van der Waals surface area (Å²) in [5.74, 6) is 0. The Morgan fingerprint density at radius 2 is 1.83 bits per heavy atom. The molecule has 0 N–H and O–H groups in total. The van der Waals surface area contributed by atoms with Crippen LogP contribution in [-0.4, -0.2) is 5.16 Å². The molecule has 0 aliphatic carbocycles. The summed E-state index contributed by atoms with van der Waals surface area (Å²) in [6.07, 6.45) is 0.860. The van der Waals surface area contributed by atoms with Crippen molar-refractivity contribution in [3.63, 3.8) is 0 Å². The Labute approximate surface area is 75.0 Å². The van der Waals surface area contributed by atoms with Crippen LogP contribution in [0.5, 0.6) is 0 Å². The van der Waals surface area contributed by atoms with Gasteiger partial charge in [-0.1, -0.05) is 30.3 Å². The van der Waals surface area contributed by atoms with E-state index in [0.29, 0.717) is 0 Å². The van der Waals surface area contributed by atoms with Crippen LogP contribution in [0.15, 0.2) is 30.3 Å². The van der Waals surface area contributed by atoms with E-state index in [0.717, 1.165) is 6.42 Å². The van der Waals surface area contributed by atoms with Crippen LogP contribution in [0.1, 0.15) is 19.4 Å². The fourth-order valence-electron chi connectivity index (χ4n) is 1.13. The van der Waals surface area contributed by atoms with Gasteiger partial charge in [0.25, 0.3) is 0 Å². The molecule has 1 aromatic carbocycles. The third kappa shape index (κ3) is 2.75. The first-order chi connectivity index (χ1) is 5.64. The van der Waals surface area contributed by atoms with E-state index in [4.69, 9.17) is 0 Å². The molecule has 2 heteroatoms. The van der Waals surface area contributed by atoms with Crippen molar-refractivity contribution in [3.8, 4) is 0 Å². The molecule has 0 aliphatic rings. The fraction of sp³-hybridized carbons (Fsp3) is 0.400. The zero-order chi connectivity index (χ0) is 9.03. The molecule has 0 aromatic heterocycles. The Morgan fingerprint density at radius 1 is 1.25 bits per heavy atom. The van der Waals surface area contributed by atoms with Gasteiger partial charge >= 0.3 is 0 Å². The number of rotatable bonds is 3. The summed E-state index contributed by atoms with van der Waals surface area (Å²) >= 11 is 0. The van der Waals surface area contributed by atoms with Crippen LogP contribution in [0.25, 0.3) is 0 Å². The Bertz CT molecular complexity index is 254. The molecule has 0 saturated heterocycles. The Balaban J connectivity index is 2.70. The van der Waals surface area contributed by atoms with E-state index in [1.807, 2.05) is 32.0 Å². The second kappa shape index (κ2) is 3.82. The first kappa shape index (κ1) is 9.41. The summed E-state index contributed by atoms with van der Waals surface area (Å²) in [4.78, 5) is 0. The maximum absolute atomic E-state index is 10.7. The Hall–Kier alpha value is -0.680. The van der Waals surface area contributed by atoms with E-state index in [9.17, 15) is 4.57 Å². The van der Waals surface area contributed by atoms with Crippen molar-refractivity contribution >= 4 is 8.46 Å². The van der Waals surface area contributed by atoms with Gasteiger partial charge in [-0.25, -0.2) is 0 Å².